The van der Waals surface area contributed by atoms with E-state index in [1.807, 2.05) is 0 Å². The normalized spacial score (nSPS) is 19.3. The molecule has 5 nitrogen and oxygen atoms in total. The fourth-order valence-corrected chi connectivity index (χ4v) is 2.89. The Morgan fingerprint density at radius 1 is 1.39 bits per heavy atom. The quantitative estimate of drug-likeness (QED) is 0.913. The van der Waals surface area contributed by atoms with Crippen LogP contribution < -0.4 is 0 Å². The van der Waals surface area contributed by atoms with Gasteiger partial charge in [0.25, 0.3) is 5.91 Å². The number of likely N-dealkylation sites (N-methyl/N-ethyl adjacent to an activating group) is 1. The molecule has 1 saturated heterocycles. The third-order valence-electron chi connectivity index (χ3n) is 4.42. The minimum absolute atomic E-state index is 0.0137. The van der Waals surface area contributed by atoms with Crippen LogP contribution in [0.5, 0.6) is 0 Å². The van der Waals surface area contributed by atoms with Gasteiger partial charge in [-0.25, -0.2) is 0 Å². The van der Waals surface area contributed by atoms with E-state index in [0.29, 0.717) is 23.7 Å². The summed E-state index contributed by atoms with van der Waals surface area (Å²) in [5.74, 6) is -0.295. The first-order chi connectivity index (χ1) is 10.9. The molecule has 126 valence electrons. The molecule has 1 aromatic rings. The van der Waals surface area contributed by atoms with Gasteiger partial charge in [0.2, 0.25) is 5.91 Å². The van der Waals surface area contributed by atoms with Gasteiger partial charge < -0.3 is 14.9 Å². The molecular weight excluding hydrogens is 316 g/mol. The number of aliphatic hydroxyl groups excluding tert-OH is 1. The molecule has 0 radical (unpaired) electrons. The van der Waals surface area contributed by atoms with Crippen LogP contribution in [-0.2, 0) is 4.79 Å². The van der Waals surface area contributed by atoms with Crippen LogP contribution in [0, 0.1) is 5.92 Å². The van der Waals surface area contributed by atoms with Crippen molar-refractivity contribution < 1.29 is 14.7 Å². The number of hydrogen-bond donors (Lipinski definition) is 1. The Morgan fingerprint density at radius 2 is 2.04 bits per heavy atom. The molecule has 2 unspecified atom stereocenters. The molecule has 0 spiro atoms. The molecule has 1 N–H and O–H groups in total. The number of halogens is 1. The van der Waals surface area contributed by atoms with E-state index >= 15 is 0 Å². The van der Waals surface area contributed by atoms with Crippen molar-refractivity contribution in [1.82, 2.24) is 9.80 Å². The maximum atomic E-state index is 12.6. The number of likely N-dealkylation sites (tertiary alicyclic amines) is 1. The highest BCUT2D eigenvalue weighted by molar-refractivity contribution is 6.30. The van der Waals surface area contributed by atoms with E-state index in [4.69, 9.17) is 11.6 Å². The van der Waals surface area contributed by atoms with E-state index in [1.165, 1.54) is 0 Å². The molecule has 0 saturated carbocycles. The predicted molar refractivity (Wildman–Crippen MR) is 89.4 cm³/mol. The SMILES string of the molecule is CC(CO)N(C)C(=O)C1CCCN(C(=O)c2ccc(Cl)cc2)C1. The molecule has 0 bridgehead atoms. The predicted octanol–water partition coefficient (Wildman–Crippen LogP) is 2.03. The molecule has 2 amide bonds. The molecule has 0 aromatic heterocycles. The monoisotopic (exact) mass is 338 g/mol. The Kier molecular flexibility index (Phi) is 6.02. The van der Waals surface area contributed by atoms with E-state index in [1.54, 1.807) is 48.0 Å². The van der Waals surface area contributed by atoms with Crippen LogP contribution in [0.2, 0.25) is 5.02 Å². The lowest BCUT2D eigenvalue weighted by molar-refractivity contribution is -0.138. The molecule has 0 aliphatic carbocycles. The average molecular weight is 339 g/mol. The lowest BCUT2D eigenvalue weighted by Crippen LogP contribution is -2.48. The van der Waals surface area contributed by atoms with Gasteiger partial charge in [-0.2, -0.15) is 0 Å². The van der Waals surface area contributed by atoms with Crippen LogP contribution in [0.3, 0.4) is 0 Å². The minimum atomic E-state index is -0.218. The number of rotatable bonds is 4. The molecule has 1 heterocycles. The third kappa shape index (κ3) is 4.24. The fourth-order valence-electron chi connectivity index (χ4n) is 2.77. The van der Waals surface area contributed by atoms with Crippen molar-refractivity contribution in [2.75, 3.05) is 26.7 Å². The number of piperidine rings is 1. The highest BCUT2D eigenvalue weighted by Gasteiger charge is 2.31. The maximum absolute atomic E-state index is 12.6. The number of aliphatic hydroxyl groups is 1. The Balaban J connectivity index is 2.04. The van der Waals surface area contributed by atoms with Crippen molar-refractivity contribution in [2.24, 2.45) is 5.92 Å². The smallest absolute Gasteiger partial charge is 0.253 e. The number of benzene rings is 1. The Bertz CT molecular complexity index is 561. The second kappa shape index (κ2) is 7.79. The van der Waals surface area contributed by atoms with Crippen LogP contribution in [-0.4, -0.2) is 59.5 Å². The summed E-state index contributed by atoms with van der Waals surface area (Å²) in [6.07, 6.45) is 1.57. The van der Waals surface area contributed by atoms with E-state index < -0.39 is 0 Å². The molecular formula is C17H23ClN2O3. The summed E-state index contributed by atoms with van der Waals surface area (Å²) in [5, 5.41) is 9.79. The summed E-state index contributed by atoms with van der Waals surface area (Å²) in [6.45, 7) is 2.81. The van der Waals surface area contributed by atoms with E-state index in [0.717, 1.165) is 12.8 Å². The van der Waals surface area contributed by atoms with E-state index in [-0.39, 0.29) is 30.4 Å². The number of nitrogens with zero attached hydrogens (tertiary/aromatic N) is 2. The van der Waals surface area contributed by atoms with E-state index in [2.05, 4.69) is 0 Å². The summed E-state index contributed by atoms with van der Waals surface area (Å²) in [6, 6.07) is 6.58. The largest absolute Gasteiger partial charge is 0.394 e. The second-order valence-corrected chi connectivity index (χ2v) is 6.51. The molecule has 1 fully saturated rings. The molecule has 1 aliphatic rings. The Morgan fingerprint density at radius 3 is 2.65 bits per heavy atom. The first-order valence-corrected chi connectivity index (χ1v) is 8.24. The van der Waals surface area contributed by atoms with Crippen LogP contribution in [0.25, 0.3) is 0 Å². The molecule has 6 heteroatoms. The molecule has 23 heavy (non-hydrogen) atoms. The van der Waals surface area contributed by atoms with Crippen molar-refractivity contribution >= 4 is 23.4 Å². The van der Waals surface area contributed by atoms with Gasteiger partial charge in [-0.05, 0) is 44.0 Å². The van der Waals surface area contributed by atoms with Gasteiger partial charge >= 0.3 is 0 Å². The number of amides is 2. The summed E-state index contributed by atoms with van der Waals surface area (Å²) < 4.78 is 0. The highest BCUT2D eigenvalue weighted by atomic mass is 35.5. The highest BCUT2D eigenvalue weighted by Crippen LogP contribution is 2.21. The van der Waals surface area contributed by atoms with Crippen molar-refractivity contribution in [3.05, 3.63) is 34.9 Å². The fraction of sp³-hybridized carbons (Fsp3) is 0.529. The van der Waals surface area contributed by atoms with Crippen LogP contribution in [0.4, 0.5) is 0 Å². The zero-order valence-electron chi connectivity index (χ0n) is 13.5. The molecule has 2 rings (SSSR count). The third-order valence-corrected chi connectivity index (χ3v) is 4.67. The second-order valence-electron chi connectivity index (χ2n) is 6.08. The number of carbonyl (C=O) groups is 2. The Hall–Kier alpha value is -1.59. The zero-order valence-corrected chi connectivity index (χ0v) is 14.3. The number of hydrogen-bond acceptors (Lipinski definition) is 3. The molecule has 1 aromatic carbocycles. The average Bonchev–Trinajstić information content (AvgIpc) is 2.59. The first kappa shape index (κ1) is 17.8. The summed E-state index contributed by atoms with van der Waals surface area (Å²) in [7, 11) is 1.70. The molecule has 1 aliphatic heterocycles. The summed E-state index contributed by atoms with van der Waals surface area (Å²) in [5.41, 5.74) is 0.583. The van der Waals surface area contributed by atoms with Gasteiger partial charge in [0.1, 0.15) is 0 Å². The zero-order chi connectivity index (χ0) is 17.0. The lowest BCUT2D eigenvalue weighted by Gasteiger charge is -2.35. The Labute approximate surface area is 141 Å². The van der Waals surface area contributed by atoms with Gasteiger partial charge in [0.15, 0.2) is 0 Å². The summed E-state index contributed by atoms with van der Waals surface area (Å²) >= 11 is 5.85. The van der Waals surface area contributed by atoms with Gasteiger partial charge in [0.05, 0.1) is 18.6 Å². The molecule has 2 atom stereocenters. The standard InChI is InChI=1S/C17H23ClN2O3/c1-12(11-21)19(2)16(22)14-4-3-9-20(10-14)17(23)13-5-7-15(18)8-6-13/h5-8,12,14,21H,3-4,9-11H2,1-2H3. The van der Waals surface area contributed by atoms with Gasteiger partial charge in [-0.3, -0.25) is 9.59 Å². The minimum Gasteiger partial charge on any atom is -0.394 e. The first-order valence-electron chi connectivity index (χ1n) is 7.86. The summed E-state index contributed by atoms with van der Waals surface area (Å²) in [4.78, 5) is 28.4. The van der Waals surface area contributed by atoms with Crippen LogP contribution >= 0.6 is 11.6 Å². The maximum Gasteiger partial charge on any atom is 0.253 e. The van der Waals surface area contributed by atoms with Crippen molar-refractivity contribution in [1.29, 1.82) is 0 Å². The number of carbonyl (C=O) groups excluding carboxylic acids is 2. The topological polar surface area (TPSA) is 60.9 Å². The van der Waals surface area contributed by atoms with Crippen molar-refractivity contribution in [3.63, 3.8) is 0 Å². The lowest BCUT2D eigenvalue weighted by atomic mass is 9.95. The van der Waals surface area contributed by atoms with Crippen molar-refractivity contribution in [3.8, 4) is 0 Å². The van der Waals surface area contributed by atoms with Gasteiger partial charge in [-0.1, -0.05) is 11.6 Å². The van der Waals surface area contributed by atoms with Crippen LogP contribution in [0.15, 0.2) is 24.3 Å². The van der Waals surface area contributed by atoms with Crippen molar-refractivity contribution in [2.45, 2.75) is 25.8 Å². The van der Waals surface area contributed by atoms with E-state index in [9.17, 15) is 14.7 Å². The van der Waals surface area contributed by atoms with Gasteiger partial charge in [0, 0.05) is 30.7 Å². The van der Waals surface area contributed by atoms with Gasteiger partial charge in [-0.15, -0.1) is 0 Å². The van der Waals surface area contributed by atoms with Crippen LogP contribution in [0.1, 0.15) is 30.1 Å².